The number of hydrogen-bond acceptors (Lipinski definition) is 7. The van der Waals surface area contributed by atoms with Crippen molar-refractivity contribution in [3.63, 3.8) is 0 Å². The van der Waals surface area contributed by atoms with E-state index in [-0.39, 0.29) is 23.9 Å². The SMILES string of the molecule is CNC(=O)CN1CCCC(COc2cc3nccc(Cc4ccc([N+](=O)[O-])cc4F)c3cc2OC)C1. The molecule has 4 rings (SSSR count). The Morgan fingerprint density at radius 3 is 2.81 bits per heavy atom. The highest BCUT2D eigenvalue weighted by Gasteiger charge is 2.23. The van der Waals surface area contributed by atoms with Crippen LogP contribution in [0.15, 0.2) is 42.6 Å². The molecule has 0 spiro atoms. The molecule has 2 aromatic carbocycles. The van der Waals surface area contributed by atoms with Crippen molar-refractivity contribution in [3.8, 4) is 11.5 Å². The Morgan fingerprint density at radius 1 is 1.25 bits per heavy atom. The first-order valence-electron chi connectivity index (χ1n) is 11.8. The highest BCUT2D eigenvalue weighted by molar-refractivity contribution is 5.86. The zero-order valence-electron chi connectivity index (χ0n) is 20.3. The van der Waals surface area contributed by atoms with E-state index in [0.717, 1.165) is 42.9 Å². The van der Waals surface area contributed by atoms with Gasteiger partial charge in [-0.2, -0.15) is 0 Å². The fourth-order valence-corrected chi connectivity index (χ4v) is 4.56. The van der Waals surface area contributed by atoms with Crippen molar-refractivity contribution in [1.29, 1.82) is 0 Å². The fourth-order valence-electron chi connectivity index (χ4n) is 4.56. The van der Waals surface area contributed by atoms with E-state index in [1.807, 2.05) is 12.1 Å². The summed E-state index contributed by atoms with van der Waals surface area (Å²) in [4.78, 5) is 28.6. The van der Waals surface area contributed by atoms with Gasteiger partial charge in [0.1, 0.15) is 5.82 Å². The molecule has 1 aromatic heterocycles. The smallest absolute Gasteiger partial charge is 0.272 e. The van der Waals surface area contributed by atoms with Gasteiger partial charge in [-0.3, -0.25) is 24.8 Å². The van der Waals surface area contributed by atoms with Gasteiger partial charge in [-0.1, -0.05) is 0 Å². The second kappa shape index (κ2) is 11.3. The molecular formula is C26H29FN4O5. The Bertz CT molecular complexity index is 1270. The molecule has 1 saturated heterocycles. The van der Waals surface area contributed by atoms with Crippen LogP contribution in [0.3, 0.4) is 0 Å². The number of piperidine rings is 1. The number of nitrogens with one attached hydrogen (secondary N) is 1. The minimum atomic E-state index is -0.626. The molecule has 0 aliphatic carbocycles. The molecule has 1 unspecified atom stereocenters. The lowest BCUT2D eigenvalue weighted by Gasteiger charge is -2.32. The Hall–Kier alpha value is -3.79. The number of methoxy groups -OCH3 is 1. The zero-order valence-corrected chi connectivity index (χ0v) is 20.3. The average Bonchev–Trinajstić information content (AvgIpc) is 2.88. The largest absolute Gasteiger partial charge is 0.493 e. The van der Waals surface area contributed by atoms with Gasteiger partial charge < -0.3 is 14.8 Å². The van der Waals surface area contributed by atoms with Gasteiger partial charge in [0.25, 0.3) is 5.69 Å². The summed E-state index contributed by atoms with van der Waals surface area (Å²) in [6.07, 6.45) is 3.91. The van der Waals surface area contributed by atoms with E-state index >= 15 is 0 Å². The second-order valence-electron chi connectivity index (χ2n) is 8.93. The molecule has 1 amide bonds. The number of aromatic nitrogens is 1. The lowest BCUT2D eigenvalue weighted by atomic mass is 9.99. The first-order chi connectivity index (χ1) is 17.4. The molecule has 9 nitrogen and oxygen atoms in total. The Labute approximate surface area is 208 Å². The van der Waals surface area contributed by atoms with Gasteiger partial charge in [-0.05, 0) is 48.7 Å². The van der Waals surface area contributed by atoms with Crippen molar-refractivity contribution < 1.29 is 23.6 Å². The Kier molecular flexibility index (Phi) is 7.94. The number of likely N-dealkylation sites (tertiary alicyclic amines) is 1. The topological polar surface area (TPSA) is 107 Å². The minimum Gasteiger partial charge on any atom is -0.493 e. The molecule has 0 radical (unpaired) electrons. The second-order valence-corrected chi connectivity index (χ2v) is 8.93. The number of rotatable bonds is 9. The highest BCUT2D eigenvalue weighted by atomic mass is 19.1. The van der Waals surface area contributed by atoms with Gasteiger partial charge in [0.05, 0.1) is 36.8 Å². The number of benzene rings is 2. The van der Waals surface area contributed by atoms with Crippen molar-refractivity contribution in [2.45, 2.75) is 19.3 Å². The van der Waals surface area contributed by atoms with E-state index in [1.54, 1.807) is 26.4 Å². The molecule has 2 heterocycles. The van der Waals surface area contributed by atoms with Crippen molar-refractivity contribution in [2.75, 3.05) is 40.4 Å². The Morgan fingerprint density at radius 2 is 2.08 bits per heavy atom. The number of fused-ring (bicyclic) bond motifs is 1. The lowest BCUT2D eigenvalue weighted by molar-refractivity contribution is -0.385. The number of likely N-dealkylation sites (N-methyl/N-ethyl adjacent to an activating group) is 1. The van der Waals surface area contributed by atoms with Crippen LogP contribution in [0, 0.1) is 21.8 Å². The maximum absolute atomic E-state index is 14.5. The first kappa shape index (κ1) is 25.3. The molecule has 1 aliphatic rings. The first-order valence-corrected chi connectivity index (χ1v) is 11.8. The molecule has 3 aromatic rings. The number of nitrogens with zero attached hydrogens (tertiary/aromatic N) is 3. The van der Waals surface area contributed by atoms with Crippen LogP contribution in [0.1, 0.15) is 24.0 Å². The van der Waals surface area contributed by atoms with E-state index in [4.69, 9.17) is 9.47 Å². The summed E-state index contributed by atoms with van der Waals surface area (Å²) in [6.45, 7) is 2.55. The van der Waals surface area contributed by atoms with Crippen LogP contribution < -0.4 is 14.8 Å². The Balaban J connectivity index is 1.51. The number of pyridine rings is 1. The number of amides is 1. The lowest BCUT2D eigenvalue weighted by Crippen LogP contribution is -2.43. The summed E-state index contributed by atoms with van der Waals surface area (Å²) in [5.74, 6) is 0.772. The van der Waals surface area contributed by atoms with Crippen LogP contribution in [0.2, 0.25) is 0 Å². The van der Waals surface area contributed by atoms with Gasteiger partial charge >= 0.3 is 0 Å². The molecule has 0 bridgehead atoms. The average molecular weight is 497 g/mol. The van der Waals surface area contributed by atoms with Crippen molar-refractivity contribution in [3.05, 3.63) is 69.7 Å². The summed E-state index contributed by atoms with van der Waals surface area (Å²) in [5.41, 5.74) is 1.56. The van der Waals surface area contributed by atoms with Gasteiger partial charge in [0, 0.05) is 49.6 Å². The van der Waals surface area contributed by atoms with Crippen LogP contribution in [0.5, 0.6) is 11.5 Å². The molecule has 1 fully saturated rings. The van der Waals surface area contributed by atoms with Crippen LogP contribution in [-0.4, -0.2) is 61.1 Å². The summed E-state index contributed by atoms with van der Waals surface area (Å²) in [7, 11) is 3.20. The summed E-state index contributed by atoms with van der Waals surface area (Å²) in [6, 6.07) is 9.12. The van der Waals surface area contributed by atoms with Gasteiger partial charge in [0.15, 0.2) is 11.5 Å². The van der Waals surface area contributed by atoms with Crippen molar-refractivity contribution in [2.24, 2.45) is 5.92 Å². The van der Waals surface area contributed by atoms with E-state index in [1.165, 1.54) is 12.1 Å². The van der Waals surface area contributed by atoms with E-state index in [9.17, 15) is 19.3 Å². The van der Waals surface area contributed by atoms with Crippen molar-refractivity contribution >= 4 is 22.5 Å². The number of carbonyl (C=O) groups is 1. The van der Waals surface area contributed by atoms with Crippen LogP contribution >= 0.6 is 0 Å². The number of hydrogen-bond donors (Lipinski definition) is 1. The van der Waals surface area contributed by atoms with E-state index in [2.05, 4.69) is 15.2 Å². The molecular weight excluding hydrogens is 467 g/mol. The third kappa shape index (κ3) is 5.88. The van der Waals surface area contributed by atoms with E-state index < -0.39 is 10.7 Å². The predicted molar refractivity (Wildman–Crippen MR) is 133 cm³/mol. The number of ether oxygens (including phenoxy) is 2. The molecule has 1 atom stereocenters. The summed E-state index contributed by atoms with van der Waals surface area (Å²) >= 11 is 0. The van der Waals surface area contributed by atoms with Gasteiger partial charge in [-0.15, -0.1) is 0 Å². The van der Waals surface area contributed by atoms with E-state index in [0.29, 0.717) is 35.7 Å². The molecule has 10 heteroatoms. The van der Waals surface area contributed by atoms with Crippen LogP contribution in [0.4, 0.5) is 10.1 Å². The predicted octanol–water partition coefficient (Wildman–Crippen LogP) is 3.72. The quantitative estimate of drug-likeness (QED) is 0.355. The number of nitro groups is 1. The molecule has 1 N–H and O–H groups in total. The molecule has 1 aliphatic heterocycles. The minimum absolute atomic E-state index is 0.00301. The number of non-ortho nitro benzene ring substituents is 1. The molecule has 0 saturated carbocycles. The number of nitro benzene ring substituents is 1. The zero-order chi connectivity index (χ0) is 25.7. The summed E-state index contributed by atoms with van der Waals surface area (Å²) < 4.78 is 26.2. The van der Waals surface area contributed by atoms with Gasteiger partial charge in [-0.25, -0.2) is 4.39 Å². The number of carbonyl (C=O) groups excluding carboxylic acids is 1. The maximum Gasteiger partial charge on any atom is 0.272 e. The summed E-state index contributed by atoms with van der Waals surface area (Å²) in [5, 5.41) is 14.4. The van der Waals surface area contributed by atoms with Crippen LogP contribution in [0.25, 0.3) is 10.9 Å². The van der Waals surface area contributed by atoms with Crippen molar-refractivity contribution in [1.82, 2.24) is 15.2 Å². The fraction of sp³-hybridized carbons (Fsp3) is 0.385. The molecule has 190 valence electrons. The normalized spacial score (nSPS) is 16.0. The van der Waals surface area contributed by atoms with Gasteiger partial charge in [0.2, 0.25) is 5.91 Å². The van der Waals surface area contributed by atoms with Crippen LogP contribution in [-0.2, 0) is 11.2 Å². The number of halogens is 1. The molecule has 36 heavy (non-hydrogen) atoms. The maximum atomic E-state index is 14.5. The third-order valence-electron chi connectivity index (χ3n) is 6.47. The monoisotopic (exact) mass is 496 g/mol. The highest BCUT2D eigenvalue weighted by Crippen LogP contribution is 2.34. The third-order valence-corrected chi connectivity index (χ3v) is 6.47. The standard InChI is InChI=1S/C26H29FN4O5/c1-28-26(32)15-30-9-3-4-17(14-30)16-36-25-13-23-21(12-24(25)35-2)18(7-8-29-23)10-19-5-6-20(31(33)34)11-22(19)27/h5-8,11-13,17H,3-4,9-10,14-16H2,1-2H3,(H,28,32).